The van der Waals surface area contributed by atoms with Crippen molar-refractivity contribution in [2.45, 2.75) is 119 Å². The van der Waals surface area contributed by atoms with Gasteiger partial charge in [0.1, 0.15) is 0 Å². The Labute approximate surface area is 207 Å². The van der Waals surface area contributed by atoms with Crippen LogP contribution in [0.5, 0.6) is 0 Å². The summed E-state index contributed by atoms with van der Waals surface area (Å²) in [6, 6.07) is 0. The number of allylic oxidation sites excluding steroid dienone is 5. The maximum atomic E-state index is 6.47. The van der Waals surface area contributed by atoms with Gasteiger partial charge in [-0.15, -0.1) is 0 Å². The lowest BCUT2D eigenvalue weighted by Crippen LogP contribution is -2.35. The summed E-state index contributed by atoms with van der Waals surface area (Å²) in [7, 11) is -1.46. The lowest BCUT2D eigenvalue weighted by molar-refractivity contribution is 0.0993. The molecule has 3 aliphatic carbocycles. The highest BCUT2D eigenvalue weighted by molar-refractivity contribution is 6.69. The minimum absolute atomic E-state index is 0.454. The van der Waals surface area contributed by atoms with Crippen molar-refractivity contribution < 1.29 is 4.43 Å². The van der Waals surface area contributed by atoms with Crippen LogP contribution >= 0.6 is 0 Å². The third-order valence-electron chi connectivity index (χ3n) is 9.58. The first kappa shape index (κ1) is 27.0. The molecule has 3 saturated carbocycles. The maximum absolute atomic E-state index is 6.47. The predicted molar refractivity (Wildman–Crippen MR) is 148 cm³/mol. The summed E-state index contributed by atoms with van der Waals surface area (Å²) < 4.78 is 6.47. The zero-order chi connectivity index (χ0) is 24.4. The van der Waals surface area contributed by atoms with Crippen LogP contribution in [0.2, 0.25) is 19.6 Å². The molecule has 0 radical (unpaired) electrons. The van der Waals surface area contributed by atoms with Crippen molar-refractivity contribution in [3.05, 3.63) is 35.5 Å². The third-order valence-corrected chi connectivity index (χ3v) is 10.6. The molecule has 7 unspecified atom stereocenters. The standard InChI is InChI=1S/C31H54OSi/c1-22(2)23(3)10-11-25(5)30-17-15-28-20-26(18-19-31(28,30)6)13-14-27-21-29(16-12-24(27)4)32-33(7,8)9/h10-11,13-14,22-25,28-30H,12,15-21H2,1-9H3/b11-10+,26-13+,27-14-. The minimum Gasteiger partial charge on any atom is -0.414 e. The molecular formula is C31H54OSi. The van der Waals surface area contributed by atoms with E-state index in [1.54, 1.807) is 11.1 Å². The Bertz CT molecular complexity index is 739. The molecule has 3 rings (SSSR count). The summed E-state index contributed by atoms with van der Waals surface area (Å²) in [5.41, 5.74) is 3.87. The molecule has 0 aromatic rings. The van der Waals surface area contributed by atoms with Gasteiger partial charge in [-0.2, -0.15) is 0 Å². The van der Waals surface area contributed by atoms with Crippen molar-refractivity contribution >= 4 is 8.32 Å². The van der Waals surface area contributed by atoms with E-state index in [2.05, 4.69) is 85.5 Å². The van der Waals surface area contributed by atoms with Crippen molar-refractivity contribution in [2.24, 2.45) is 40.9 Å². The van der Waals surface area contributed by atoms with Crippen molar-refractivity contribution in [1.82, 2.24) is 0 Å². The van der Waals surface area contributed by atoms with Gasteiger partial charge in [0.2, 0.25) is 0 Å². The molecule has 0 aliphatic heterocycles. The Balaban J connectivity index is 1.63. The average molecular weight is 471 g/mol. The van der Waals surface area contributed by atoms with Crippen LogP contribution in [0.1, 0.15) is 92.9 Å². The second kappa shape index (κ2) is 11.0. The highest BCUT2D eigenvalue weighted by Crippen LogP contribution is 2.58. The fourth-order valence-electron chi connectivity index (χ4n) is 6.88. The van der Waals surface area contributed by atoms with E-state index in [1.165, 1.54) is 44.9 Å². The Kier molecular flexibility index (Phi) is 8.98. The van der Waals surface area contributed by atoms with Crippen LogP contribution in [0.4, 0.5) is 0 Å². The van der Waals surface area contributed by atoms with Crippen LogP contribution in [-0.4, -0.2) is 14.4 Å². The SMILES string of the molecule is CC1CCC(O[Si](C)(C)C)C/C1=C/C=C1\CCC2(C)C(CCC2C(C)/C=C/C(C)C(C)C)C1. The van der Waals surface area contributed by atoms with E-state index >= 15 is 0 Å². The molecule has 33 heavy (non-hydrogen) atoms. The summed E-state index contributed by atoms with van der Waals surface area (Å²) in [5, 5.41) is 0. The predicted octanol–water partition coefficient (Wildman–Crippen LogP) is 9.58. The van der Waals surface area contributed by atoms with Gasteiger partial charge in [-0.1, -0.05) is 77.0 Å². The fourth-order valence-corrected chi connectivity index (χ4v) is 8.08. The lowest BCUT2D eigenvalue weighted by Gasteiger charge is -2.43. The number of hydrogen-bond acceptors (Lipinski definition) is 1. The summed E-state index contributed by atoms with van der Waals surface area (Å²) in [6.07, 6.45) is 21.1. The monoisotopic (exact) mass is 470 g/mol. The molecule has 0 amide bonds. The Morgan fingerprint density at radius 3 is 2.33 bits per heavy atom. The van der Waals surface area contributed by atoms with Crippen LogP contribution < -0.4 is 0 Å². The van der Waals surface area contributed by atoms with Crippen LogP contribution in [0.3, 0.4) is 0 Å². The largest absolute Gasteiger partial charge is 0.414 e. The van der Waals surface area contributed by atoms with Crippen LogP contribution in [0.15, 0.2) is 35.5 Å². The number of hydrogen-bond donors (Lipinski definition) is 0. The van der Waals surface area contributed by atoms with Gasteiger partial charge >= 0.3 is 0 Å². The van der Waals surface area contributed by atoms with Gasteiger partial charge in [-0.05, 0) is 112 Å². The van der Waals surface area contributed by atoms with Crippen molar-refractivity contribution in [2.75, 3.05) is 0 Å². The molecule has 0 aromatic heterocycles. The first-order valence-corrected chi connectivity index (χ1v) is 17.5. The van der Waals surface area contributed by atoms with E-state index in [1.807, 2.05) is 0 Å². The molecule has 7 atom stereocenters. The fraction of sp³-hybridized carbons (Fsp3) is 0.806. The molecule has 1 nitrogen and oxygen atoms in total. The first-order chi connectivity index (χ1) is 15.4. The first-order valence-electron chi connectivity index (χ1n) is 14.1. The topological polar surface area (TPSA) is 9.23 Å². The Morgan fingerprint density at radius 1 is 0.939 bits per heavy atom. The molecule has 2 heteroatoms. The zero-order valence-corrected chi connectivity index (χ0v) is 24.4. The molecule has 0 aromatic carbocycles. The van der Waals surface area contributed by atoms with Gasteiger partial charge in [0.25, 0.3) is 0 Å². The molecule has 3 fully saturated rings. The van der Waals surface area contributed by atoms with Gasteiger partial charge in [0, 0.05) is 6.10 Å². The normalized spacial score (nSPS) is 37.8. The number of fused-ring (bicyclic) bond motifs is 1. The lowest BCUT2D eigenvalue weighted by atomic mass is 9.61. The minimum atomic E-state index is -1.46. The summed E-state index contributed by atoms with van der Waals surface area (Å²) in [4.78, 5) is 0. The van der Waals surface area contributed by atoms with Crippen molar-refractivity contribution in [1.29, 1.82) is 0 Å². The molecular weight excluding hydrogens is 416 g/mol. The zero-order valence-electron chi connectivity index (χ0n) is 23.4. The molecule has 0 spiro atoms. The van der Waals surface area contributed by atoms with Crippen LogP contribution in [0, 0.1) is 40.9 Å². The second-order valence-electron chi connectivity index (χ2n) is 13.5. The third kappa shape index (κ3) is 6.97. The summed E-state index contributed by atoms with van der Waals surface area (Å²) in [5.74, 6) is 4.58. The summed E-state index contributed by atoms with van der Waals surface area (Å²) in [6.45, 7) is 21.6. The quantitative estimate of drug-likeness (QED) is 0.266. The Hall–Kier alpha value is -0.603. The van der Waals surface area contributed by atoms with Crippen molar-refractivity contribution in [3.8, 4) is 0 Å². The summed E-state index contributed by atoms with van der Waals surface area (Å²) >= 11 is 0. The highest BCUT2D eigenvalue weighted by Gasteiger charge is 2.49. The molecule has 0 bridgehead atoms. The van der Waals surface area contributed by atoms with Gasteiger partial charge < -0.3 is 4.43 Å². The highest BCUT2D eigenvalue weighted by atomic mass is 28.4. The van der Waals surface area contributed by atoms with E-state index in [-0.39, 0.29) is 0 Å². The van der Waals surface area contributed by atoms with Gasteiger partial charge in [-0.3, -0.25) is 0 Å². The van der Waals surface area contributed by atoms with E-state index in [9.17, 15) is 0 Å². The molecule has 188 valence electrons. The van der Waals surface area contributed by atoms with Gasteiger partial charge in [0.05, 0.1) is 0 Å². The van der Waals surface area contributed by atoms with Crippen LogP contribution in [0.25, 0.3) is 0 Å². The smallest absolute Gasteiger partial charge is 0.184 e. The van der Waals surface area contributed by atoms with Gasteiger partial charge in [-0.25, -0.2) is 0 Å². The molecule has 3 aliphatic rings. The number of rotatable bonds is 7. The van der Waals surface area contributed by atoms with E-state index in [4.69, 9.17) is 4.43 Å². The van der Waals surface area contributed by atoms with E-state index in [0.29, 0.717) is 29.3 Å². The molecule has 0 N–H and O–H groups in total. The molecule has 0 saturated heterocycles. The molecule has 0 heterocycles. The second-order valence-corrected chi connectivity index (χ2v) is 18.0. The van der Waals surface area contributed by atoms with E-state index < -0.39 is 8.32 Å². The van der Waals surface area contributed by atoms with Crippen LogP contribution in [-0.2, 0) is 4.43 Å². The Morgan fingerprint density at radius 2 is 1.67 bits per heavy atom. The van der Waals surface area contributed by atoms with Gasteiger partial charge in [0.15, 0.2) is 8.32 Å². The average Bonchev–Trinajstić information content (AvgIpc) is 3.07. The maximum Gasteiger partial charge on any atom is 0.184 e. The van der Waals surface area contributed by atoms with Crippen molar-refractivity contribution in [3.63, 3.8) is 0 Å². The van der Waals surface area contributed by atoms with E-state index in [0.717, 1.165) is 24.2 Å².